The highest BCUT2D eigenvalue weighted by Gasteiger charge is 2.15. The summed E-state index contributed by atoms with van der Waals surface area (Å²) in [5, 5.41) is 4.86. The molecule has 0 radical (unpaired) electrons. The lowest BCUT2D eigenvalue weighted by Crippen LogP contribution is -2.24. The summed E-state index contributed by atoms with van der Waals surface area (Å²) < 4.78 is 0. The Labute approximate surface area is 105 Å². The molecule has 0 atom stereocenters. The third-order valence-electron chi connectivity index (χ3n) is 2.53. The van der Waals surface area contributed by atoms with Gasteiger partial charge < -0.3 is 5.32 Å². The molecule has 1 nitrogen and oxygen atoms in total. The molecule has 1 fully saturated rings. The molecule has 1 heterocycles. The average Bonchev–Trinajstić information content (AvgIpc) is 2.25. The third kappa shape index (κ3) is 2.96. The maximum Gasteiger partial charge on any atom is 0.0721 e. The molecule has 1 aliphatic heterocycles. The molecule has 0 spiro atoms. The van der Waals surface area contributed by atoms with Gasteiger partial charge in [-0.15, -0.1) is 0 Å². The Morgan fingerprint density at radius 2 is 1.73 bits per heavy atom. The number of thioether (sulfide) groups is 1. The standard InChI is InChI=1S/C11H13Cl2NS/c12-9-2-1-3-10(13)11(9)14-8-4-6-15-7-5-8/h1-3,8,14H,4-7H2. The summed E-state index contributed by atoms with van der Waals surface area (Å²) >= 11 is 14.2. The molecule has 1 N–H and O–H groups in total. The Kier molecular flexibility index (Phi) is 4.06. The van der Waals surface area contributed by atoms with E-state index in [0.717, 1.165) is 5.69 Å². The Balaban J connectivity index is 2.09. The van der Waals surface area contributed by atoms with Crippen LogP contribution in [0.3, 0.4) is 0 Å². The molecule has 82 valence electrons. The number of nitrogens with one attached hydrogen (secondary N) is 1. The molecule has 1 aliphatic rings. The van der Waals surface area contributed by atoms with Crippen molar-refractivity contribution < 1.29 is 0 Å². The lowest BCUT2D eigenvalue weighted by atomic mass is 10.1. The van der Waals surface area contributed by atoms with Crippen LogP contribution in [0.5, 0.6) is 0 Å². The van der Waals surface area contributed by atoms with Crippen molar-refractivity contribution >= 4 is 40.7 Å². The Morgan fingerprint density at radius 1 is 1.13 bits per heavy atom. The summed E-state index contributed by atoms with van der Waals surface area (Å²) in [5.41, 5.74) is 0.887. The Morgan fingerprint density at radius 3 is 2.33 bits per heavy atom. The van der Waals surface area contributed by atoms with Gasteiger partial charge in [-0.2, -0.15) is 11.8 Å². The topological polar surface area (TPSA) is 12.0 Å². The molecule has 0 aliphatic carbocycles. The molecule has 0 saturated carbocycles. The molecule has 15 heavy (non-hydrogen) atoms. The van der Waals surface area contributed by atoms with Crippen molar-refractivity contribution in [2.45, 2.75) is 18.9 Å². The summed E-state index contributed by atoms with van der Waals surface area (Å²) in [6.45, 7) is 0. The predicted octanol–water partition coefficient (Wildman–Crippen LogP) is 4.30. The van der Waals surface area contributed by atoms with Gasteiger partial charge >= 0.3 is 0 Å². The molecular formula is C11H13Cl2NS. The van der Waals surface area contributed by atoms with Crippen LogP contribution in [0.15, 0.2) is 18.2 Å². The largest absolute Gasteiger partial charge is 0.380 e. The minimum Gasteiger partial charge on any atom is -0.380 e. The highest BCUT2D eigenvalue weighted by molar-refractivity contribution is 7.99. The number of hydrogen-bond donors (Lipinski definition) is 1. The first-order chi connectivity index (χ1) is 7.27. The zero-order valence-electron chi connectivity index (χ0n) is 8.30. The summed E-state index contributed by atoms with van der Waals surface area (Å²) in [5.74, 6) is 2.44. The fraction of sp³-hybridized carbons (Fsp3) is 0.455. The van der Waals surface area contributed by atoms with Crippen LogP contribution >= 0.6 is 35.0 Å². The van der Waals surface area contributed by atoms with E-state index in [1.165, 1.54) is 24.3 Å². The van der Waals surface area contributed by atoms with E-state index in [2.05, 4.69) is 5.32 Å². The van der Waals surface area contributed by atoms with Crippen molar-refractivity contribution in [2.24, 2.45) is 0 Å². The van der Waals surface area contributed by atoms with Crippen LogP contribution in [0, 0.1) is 0 Å². The highest BCUT2D eigenvalue weighted by Crippen LogP contribution is 2.32. The second-order valence-corrected chi connectivity index (χ2v) is 5.67. The fourth-order valence-corrected chi connectivity index (χ4v) is 3.29. The van der Waals surface area contributed by atoms with E-state index < -0.39 is 0 Å². The van der Waals surface area contributed by atoms with Gasteiger partial charge in [0.15, 0.2) is 0 Å². The van der Waals surface area contributed by atoms with E-state index in [4.69, 9.17) is 23.2 Å². The van der Waals surface area contributed by atoms with Crippen LogP contribution in [0.25, 0.3) is 0 Å². The van der Waals surface area contributed by atoms with Crippen molar-refractivity contribution in [1.29, 1.82) is 0 Å². The summed E-state index contributed by atoms with van der Waals surface area (Å²) in [4.78, 5) is 0. The lowest BCUT2D eigenvalue weighted by molar-refractivity contribution is 0.667. The van der Waals surface area contributed by atoms with Gasteiger partial charge in [-0.05, 0) is 36.5 Å². The monoisotopic (exact) mass is 261 g/mol. The van der Waals surface area contributed by atoms with Crippen molar-refractivity contribution in [1.82, 2.24) is 0 Å². The maximum absolute atomic E-state index is 6.10. The molecular weight excluding hydrogens is 249 g/mol. The first-order valence-corrected chi connectivity index (χ1v) is 6.97. The first kappa shape index (κ1) is 11.4. The van der Waals surface area contributed by atoms with Gasteiger partial charge in [0, 0.05) is 6.04 Å². The van der Waals surface area contributed by atoms with Crippen molar-refractivity contribution in [3.8, 4) is 0 Å². The fourth-order valence-electron chi connectivity index (χ4n) is 1.68. The van der Waals surface area contributed by atoms with Crippen molar-refractivity contribution in [3.63, 3.8) is 0 Å². The number of anilines is 1. The van der Waals surface area contributed by atoms with Crippen LogP contribution < -0.4 is 5.32 Å². The van der Waals surface area contributed by atoms with Gasteiger partial charge in [0.25, 0.3) is 0 Å². The summed E-state index contributed by atoms with van der Waals surface area (Å²) in [7, 11) is 0. The van der Waals surface area contributed by atoms with Gasteiger partial charge in [0.05, 0.1) is 15.7 Å². The second-order valence-electron chi connectivity index (χ2n) is 3.63. The van der Waals surface area contributed by atoms with Crippen LogP contribution in [-0.4, -0.2) is 17.5 Å². The van der Waals surface area contributed by atoms with E-state index >= 15 is 0 Å². The quantitative estimate of drug-likeness (QED) is 0.852. The van der Waals surface area contributed by atoms with Gasteiger partial charge in [0.2, 0.25) is 0 Å². The molecule has 4 heteroatoms. The molecule has 2 rings (SSSR count). The average molecular weight is 262 g/mol. The smallest absolute Gasteiger partial charge is 0.0721 e. The first-order valence-electron chi connectivity index (χ1n) is 5.05. The number of benzene rings is 1. The molecule has 1 saturated heterocycles. The van der Waals surface area contributed by atoms with Gasteiger partial charge in [0.1, 0.15) is 0 Å². The highest BCUT2D eigenvalue weighted by atomic mass is 35.5. The van der Waals surface area contributed by atoms with Crippen LogP contribution in [-0.2, 0) is 0 Å². The minimum atomic E-state index is 0.517. The molecule has 1 aromatic rings. The van der Waals surface area contributed by atoms with Crippen molar-refractivity contribution in [2.75, 3.05) is 16.8 Å². The van der Waals surface area contributed by atoms with Crippen LogP contribution in [0.2, 0.25) is 10.0 Å². The van der Waals surface area contributed by atoms with Crippen molar-refractivity contribution in [3.05, 3.63) is 28.2 Å². The number of halogens is 2. The van der Waals surface area contributed by atoms with Crippen LogP contribution in [0.4, 0.5) is 5.69 Å². The SMILES string of the molecule is Clc1cccc(Cl)c1NC1CCSCC1. The summed E-state index contributed by atoms with van der Waals surface area (Å²) in [6.07, 6.45) is 2.37. The normalized spacial score (nSPS) is 17.7. The number of rotatable bonds is 2. The Hall–Kier alpha value is -0.0500. The molecule has 0 amide bonds. The molecule has 0 aromatic heterocycles. The zero-order chi connectivity index (χ0) is 10.7. The van der Waals surface area contributed by atoms with E-state index in [1.54, 1.807) is 0 Å². The molecule has 1 aromatic carbocycles. The number of para-hydroxylation sites is 1. The maximum atomic E-state index is 6.10. The lowest BCUT2D eigenvalue weighted by Gasteiger charge is -2.24. The van der Waals surface area contributed by atoms with E-state index in [1.807, 2.05) is 30.0 Å². The minimum absolute atomic E-state index is 0.517. The predicted molar refractivity (Wildman–Crippen MR) is 70.4 cm³/mol. The second kappa shape index (κ2) is 5.33. The third-order valence-corrected chi connectivity index (χ3v) is 4.21. The number of hydrogen-bond acceptors (Lipinski definition) is 2. The van der Waals surface area contributed by atoms with Gasteiger partial charge in [-0.3, -0.25) is 0 Å². The molecule has 0 bridgehead atoms. The van der Waals surface area contributed by atoms with Crippen LogP contribution in [0.1, 0.15) is 12.8 Å². The zero-order valence-corrected chi connectivity index (χ0v) is 10.6. The van der Waals surface area contributed by atoms with E-state index in [0.29, 0.717) is 16.1 Å². The van der Waals surface area contributed by atoms with Gasteiger partial charge in [-0.1, -0.05) is 29.3 Å². The summed E-state index contributed by atoms with van der Waals surface area (Å²) in [6, 6.07) is 6.12. The van der Waals surface area contributed by atoms with E-state index in [9.17, 15) is 0 Å². The van der Waals surface area contributed by atoms with Gasteiger partial charge in [-0.25, -0.2) is 0 Å². The van der Waals surface area contributed by atoms with E-state index in [-0.39, 0.29) is 0 Å². The Bertz CT molecular complexity index is 317. The molecule has 0 unspecified atom stereocenters.